The highest BCUT2D eigenvalue weighted by Crippen LogP contribution is 2.36. The van der Waals surface area contributed by atoms with Crippen molar-refractivity contribution in [3.63, 3.8) is 0 Å². The van der Waals surface area contributed by atoms with Crippen LogP contribution in [0.15, 0.2) is 52.3 Å². The van der Waals surface area contributed by atoms with E-state index in [0.29, 0.717) is 24.2 Å². The maximum atomic E-state index is 13.3. The van der Waals surface area contributed by atoms with E-state index in [1.165, 1.54) is 4.40 Å². The van der Waals surface area contributed by atoms with E-state index < -0.39 is 37.2 Å². The minimum atomic E-state index is -4.79. The zero-order chi connectivity index (χ0) is 26.5. The van der Waals surface area contributed by atoms with Gasteiger partial charge in [-0.2, -0.15) is 21.9 Å². The van der Waals surface area contributed by atoms with E-state index in [1.54, 1.807) is 29.0 Å². The maximum Gasteiger partial charge on any atom is 0.417 e. The van der Waals surface area contributed by atoms with Gasteiger partial charge in [-0.15, -0.1) is 0 Å². The van der Waals surface area contributed by atoms with Crippen molar-refractivity contribution in [2.75, 3.05) is 26.2 Å². The van der Waals surface area contributed by atoms with Crippen molar-refractivity contribution in [3.05, 3.63) is 69.1 Å². The quantitative estimate of drug-likeness (QED) is 0.435. The van der Waals surface area contributed by atoms with E-state index in [1.807, 2.05) is 4.90 Å². The largest absolute Gasteiger partial charge is 0.842 e. The molecule has 37 heavy (non-hydrogen) atoms. The minimum absolute atomic E-state index is 0.00249. The molecule has 0 spiro atoms. The van der Waals surface area contributed by atoms with Crippen LogP contribution in [-0.2, 0) is 29.3 Å². The number of piperazine rings is 1. The number of aromatic nitrogens is 2. The molecule has 0 unspecified atom stereocenters. The first kappa shape index (κ1) is 26.0. The summed E-state index contributed by atoms with van der Waals surface area (Å²) in [5, 5.41) is 12.7. The van der Waals surface area contributed by atoms with Crippen LogP contribution in [0.5, 0.6) is 5.88 Å². The van der Waals surface area contributed by atoms with Crippen LogP contribution >= 0.6 is 11.6 Å². The Hall–Kier alpha value is -2.67. The van der Waals surface area contributed by atoms with Gasteiger partial charge < -0.3 is 5.11 Å². The molecule has 1 saturated carbocycles. The molecule has 13 heteroatoms. The van der Waals surface area contributed by atoms with Crippen molar-refractivity contribution in [1.82, 2.24) is 13.6 Å². The summed E-state index contributed by atoms with van der Waals surface area (Å²) < 4.78 is 70.0. The van der Waals surface area contributed by atoms with Crippen molar-refractivity contribution in [2.45, 2.75) is 37.0 Å². The molecule has 1 aliphatic carbocycles. The van der Waals surface area contributed by atoms with Crippen molar-refractivity contribution in [1.29, 1.82) is 0 Å². The summed E-state index contributed by atoms with van der Waals surface area (Å²) in [6.45, 7) is 0.991. The first-order valence-corrected chi connectivity index (χ1v) is 13.6. The molecule has 1 saturated heterocycles. The number of hydrogen-bond acceptors (Lipinski definition) is 5. The topological polar surface area (TPSA) is 89.0 Å². The third-order valence-corrected chi connectivity index (χ3v) is 9.05. The van der Waals surface area contributed by atoms with Gasteiger partial charge in [0.05, 0.1) is 39.7 Å². The molecule has 1 aromatic carbocycles. The normalized spacial score (nSPS) is 17.9. The Balaban J connectivity index is 1.35. The molecule has 0 atom stereocenters. The minimum Gasteiger partial charge on any atom is -0.842 e. The number of pyridine rings is 1. The molecule has 3 aromatic rings. The van der Waals surface area contributed by atoms with Gasteiger partial charge in [-0.1, -0.05) is 17.7 Å². The van der Waals surface area contributed by atoms with Crippen molar-refractivity contribution >= 4 is 27.3 Å². The fourth-order valence-electron chi connectivity index (χ4n) is 4.58. The summed E-state index contributed by atoms with van der Waals surface area (Å²) in [4.78, 5) is 14.5. The fourth-order valence-corrected chi connectivity index (χ4v) is 6.26. The molecule has 1 aliphatic heterocycles. The van der Waals surface area contributed by atoms with E-state index in [0.717, 1.165) is 29.3 Å². The van der Waals surface area contributed by atoms with Crippen molar-refractivity contribution in [3.8, 4) is 5.88 Å². The Morgan fingerprint density at radius 2 is 1.78 bits per heavy atom. The van der Waals surface area contributed by atoms with Crippen LogP contribution in [0, 0.1) is 5.92 Å². The number of rotatable bonds is 6. The van der Waals surface area contributed by atoms with Crippen LogP contribution in [-0.4, -0.2) is 48.2 Å². The summed E-state index contributed by atoms with van der Waals surface area (Å²) in [5.41, 5.74) is -0.991. The Kier molecular flexibility index (Phi) is 6.71. The second-order valence-corrected chi connectivity index (χ2v) is 11.7. The van der Waals surface area contributed by atoms with Gasteiger partial charge >= 0.3 is 11.7 Å². The molecule has 8 nitrogen and oxygen atoms in total. The fraction of sp³-hybridized carbons (Fsp3) is 0.417. The predicted molar refractivity (Wildman–Crippen MR) is 127 cm³/mol. The average Bonchev–Trinajstić information content (AvgIpc) is 3.68. The smallest absolute Gasteiger partial charge is 0.417 e. The Labute approximate surface area is 216 Å². The number of halogens is 4. The zero-order valence-corrected chi connectivity index (χ0v) is 21.2. The van der Waals surface area contributed by atoms with Crippen LogP contribution in [0.25, 0.3) is 5.65 Å². The van der Waals surface area contributed by atoms with Crippen LogP contribution in [0.1, 0.15) is 24.0 Å². The summed E-state index contributed by atoms with van der Waals surface area (Å²) in [5.74, 6) is 0.0607. The van der Waals surface area contributed by atoms with Gasteiger partial charge in [0.15, 0.2) is 0 Å². The van der Waals surface area contributed by atoms with E-state index in [9.17, 15) is 31.5 Å². The van der Waals surface area contributed by atoms with Crippen LogP contribution in [0.4, 0.5) is 13.2 Å². The molecule has 0 radical (unpaired) electrons. The second kappa shape index (κ2) is 9.57. The monoisotopic (exact) mass is 556 g/mol. The van der Waals surface area contributed by atoms with Crippen LogP contribution in [0.2, 0.25) is 5.02 Å². The molecule has 2 fully saturated rings. The maximum absolute atomic E-state index is 13.3. The molecule has 2 aromatic heterocycles. The SMILES string of the molecule is O=c1c(CN2CCN(S(=O)(=O)c3ccc(Cl)c(C(F)(F)F)c3)CC2)c([O-])[n+](CC2CC2)c2ccccn12. The van der Waals surface area contributed by atoms with E-state index >= 15 is 0 Å². The van der Waals surface area contributed by atoms with Crippen LogP contribution in [0.3, 0.4) is 0 Å². The summed E-state index contributed by atoms with van der Waals surface area (Å²) >= 11 is 5.63. The average molecular weight is 557 g/mol. The number of hydrogen-bond donors (Lipinski definition) is 0. The molecule has 198 valence electrons. The number of fused-ring (bicyclic) bond motifs is 1. The Morgan fingerprint density at radius 3 is 2.43 bits per heavy atom. The van der Waals surface area contributed by atoms with Gasteiger partial charge in [-0.3, -0.25) is 4.90 Å². The molecule has 0 N–H and O–H groups in total. The third kappa shape index (κ3) is 5.07. The number of sulfonamides is 1. The molecule has 5 rings (SSSR count). The van der Waals surface area contributed by atoms with Crippen molar-refractivity contribution < 1.29 is 31.3 Å². The lowest BCUT2D eigenvalue weighted by Gasteiger charge is -2.34. The van der Waals surface area contributed by atoms with E-state index in [-0.39, 0.29) is 44.2 Å². The summed E-state index contributed by atoms with van der Waals surface area (Å²) in [6, 6.07) is 7.75. The molecule has 0 bridgehead atoms. The van der Waals surface area contributed by atoms with E-state index in [2.05, 4.69) is 0 Å². The highest BCUT2D eigenvalue weighted by molar-refractivity contribution is 7.89. The molecular formula is C24H24ClF3N4O4S. The molecule has 3 heterocycles. The van der Waals surface area contributed by atoms with Gasteiger partial charge in [0.25, 0.3) is 5.65 Å². The zero-order valence-electron chi connectivity index (χ0n) is 19.6. The third-order valence-electron chi connectivity index (χ3n) is 6.83. The number of alkyl halides is 3. The first-order valence-electron chi connectivity index (χ1n) is 11.8. The lowest BCUT2D eigenvalue weighted by atomic mass is 10.2. The van der Waals surface area contributed by atoms with Gasteiger partial charge in [-0.25, -0.2) is 17.8 Å². The lowest BCUT2D eigenvalue weighted by Crippen LogP contribution is -2.50. The Bertz CT molecular complexity index is 1510. The number of nitrogens with zero attached hydrogens (tertiary/aromatic N) is 4. The highest BCUT2D eigenvalue weighted by atomic mass is 35.5. The van der Waals surface area contributed by atoms with Gasteiger partial charge in [-0.05, 0) is 43.0 Å². The summed E-state index contributed by atoms with van der Waals surface area (Å²) in [7, 11) is -4.20. The molecule has 0 amide bonds. The molecular weight excluding hydrogens is 533 g/mol. The number of benzene rings is 1. The standard InChI is InChI=1S/C24H24ClF3N4O4S/c25-20-7-6-17(13-19(20)24(26,27)28)37(35,36)30-11-9-29(10-12-30)15-18-22(33)31-8-2-1-3-21(31)32(23(18)34)14-16-4-5-16/h1-3,6-8,13,16H,4-5,9-12,14-15H2. The van der Waals surface area contributed by atoms with Gasteiger partial charge in [0.2, 0.25) is 10.0 Å². The van der Waals surface area contributed by atoms with E-state index in [4.69, 9.17) is 11.6 Å². The van der Waals surface area contributed by atoms with Gasteiger partial charge in [0, 0.05) is 38.8 Å². The highest BCUT2D eigenvalue weighted by Gasteiger charge is 2.36. The lowest BCUT2D eigenvalue weighted by molar-refractivity contribution is -0.719. The van der Waals surface area contributed by atoms with Crippen molar-refractivity contribution in [2.24, 2.45) is 5.92 Å². The van der Waals surface area contributed by atoms with Gasteiger partial charge in [0.1, 0.15) is 0 Å². The summed E-state index contributed by atoms with van der Waals surface area (Å²) in [6.07, 6.45) is -1.10. The van der Waals surface area contributed by atoms with Crippen LogP contribution < -0.4 is 15.2 Å². The predicted octanol–water partition coefficient (Wildman–Crippen LogP) is 2.25. The first-order chi connectivity index (χ1) is 17.5. The molecule has 2 aliphatic rings. The second-order valence-electron chi connectivity index (χ2n) is 9.39. The Morgan fingerprint density at radius 1 is 1.08 bits per heavy atom.